The molecule has 0 radical (unpaired) electrons. The summed E-state index contributed by atoms with van der Waals surface area (Å²) >= 11 is 1.70. The minimum Gasteiger partial charge on any atom is -0.335 e. The van der Waals surface area contributed by atoms with E-state index in [1.54, 1.807) is 11.3 Å². The van der Waals surface area contributed by atoms with Crippen molar-refractivity contribution >= 4 is 17.2 Å². The molecule has 1 heterocycles. The van der Waals surface area contributed by atoms with E-state index in [4.69, 9.17) is 5.73 Å². The number of nitrogens with zero attached hydrogens (tertiary/aromatic N) is 1. The van der Waals surface area contributed by atoms with Crippen LogP contribution in [0.2, 0.25) is 0 Å². The van der Waals surface area contributed by atoms with Crippen LogP contribution in [0.15, 0.2) is 17.5 Å². The number of carbonyl (C=O) groups is 1. The molecule has 3 nitrogen and oxygen atoms in total. The Hall–Kier alpha value is -0.870. The third-order valence-corrected chi connectivity index (χ3v) is 3.96. The van der Waals surface area contributed by atoms with Crippen LogP contribution >= 0.6 is 11.3 Å². The summed E-state index contributed by atoms with van der Waals surface area (Å²) in [4.78, 5) is 15.4. The van der Waals surface area contributed by atoms with Crippen molar-refractivity contribution in [3.05, 3.63) is 22.4 Å². The second kappa shape index (κ2) is 7.54. The molecule has 0 aliphatic heterocycles. The van der Waals surface area contributed by atoms with Gasteiger partial charge in [0, 0.05) is 17.3 Å². The summed E-state index contributed by atoms with van der Waals surface area (Å²) in [6, 6.07) is 4.35. The fraction of sp³-hybridized carbons (Fsp3) is 0.643. The Morgan fingerprint density at radius 3 is 2.67 bits per heavy atom. The van der Waals surface area contributed by atoms with Gasteiger partial charge in [-0.2, -0.15) is 0 Å². The van der Waals surface area contributed by atoms with Gasteiger partial charge in [0.25, 0.3) is 0 Å². The van der Waals surface area contributed by atoms with Crippen LogP contribution in [0, 0.1) is 5.92 Å². The Labute approximate surface area is 114 Å². The second-order valence-corrected chi connectivity index (χ2v) is 6.11. The van der Waals surface area contributed by atoms with Gasteiger partial charge in [0.1, 0.15) is 0 Å². The van der Waals surface area contributed by atoms with Crippen LogP contribution in [0.5, 0.6) is 0 Å². The topological polar surface area (TPSA) is 46.3 Å². The molecule has 1 amide bonds. The quantitative estimate of drug-likeness (QED) is 0.826. The van der Waals surface area contributed by atoms with Crippen LogP contribution in [0.3, 0.4) is 0 Å². The number of amides is 1. The maximum absolute atomic E-state index is 12.2. The smallest absolute Gasteiger partial charge is 0.223 e. The van der Waals surface area contributed by atoms with E-state index in [1.807, 2.05) is 11.0 Å². The zero-order valence-corrected chi connectivity index (χ0v) is 12.4. The highest BCUT2D eigenvalue weighted by Gasteiger charge is 2.18. The van der Waals surface area contributed by atoms with Crippen molar-refractivity contribution in [3.63, 3.8) is 0 Å². The average molecular weight is 268 g/mol. The molecule has 0 spiro atoms. The van der Waals surface area contributed by atoms with E-state index >= 15 is 0 Å². The summed E-state index contributed by atoms with van der Waals surface area (Å²) in [5.74, 6) is 0.656. The van der Waals surface area contributed by atoms with E-state index in [2.05, 4.69) is 32.2 Å². The monoisotopic (exact) mass is 268 g/mol. The van der Waals surface area contributed by atoms with Crippen LogP contribution in [-0.2, 0) is 11.3 Å². The first-order chi connectivity index (χ1) is 8.54. The van der Waals surface area contributed by atoms with Gasteiger partial charge in [-0.05, 0) is 44.2 Å². The van der Waals surface area contributed by atoms with Gasteiger partial charge in [0.05, 0.1) is 6.54 Å². The molecule has 4 heteroatoms. The largest absolute Gasteiger partial charge is 0.335 e. The SMILES string of the molecule is CC(CN)CCC(=O)N(Cc1cccs1)C(C)C. The number of rotatable bonds is 7. The van der Waals surface area contributed by atoms with E-state index in [0.29, 0.717) is 18.9 Å². The van der Waals surface area contributed by atoms with Crippen LogP contribution < -0.4 is 5.73 Å². The lowest BCUT2D eigenvalue weighted by Crippen LogP contribution is -2.36. The number of nitrogens with two attached hydrogens (primary N) is 1. The maximum Gasteiger partial charge on any atom is 0.223 e. The number of thiophene rings is 1. The fourth-order valence-electron chi connectivity index (χ4n) is 1.76. The van der Waals surface area contributed by atoms with Crippen molar-refractivity contribution in [1.82, 2.24) is 4.90 Å². The van der Waals surface area contributed by atoms with Gasteiger partial charge in [0.15, 0.2) is 0 Å². The molecule has 0 aliphatic carbocycles. The van der Waals surface area contributed by atoms with Crippen molar-refractivity contribution < 1.29 is 4.79 Å². The summed E-state index contributed by atoms with van der Waals surface area (Å²) in [6.45, 7) is 7.60. The third kappa shape index (κ3) is 4.78. The van der Waals surface area contributed by atoms with Gasteiger partial charge < -0.3 is 10.6 Å². The molecule has 1 aromatic rings. The minimum atomic E-state index is 0.235. The highest BCUT2D eigenvalue weighted by molar-refractivity contribution is 7.09. The Bertz CT molecular complexity index is 349. The van der Waals surface area contributed by atoms with Crippen LogP contribution in [-0.4, -0.2) is 23.4 Å². The highest BCUT2D eigenvalue weighted by atomic mass is 32.1. The molecule has 1 atom stereocenters. The molecule has 18 heavy (non-hydrogen) atoms. The first-order valence-corrected chi connectivity index (χ1v) is 7.44. The van der Waals surface area contributed by atoms with Crippen LogP contribution in [0.25, 0.3) is 0 Å². The number of carbonyl (C=O) groups excluding carboxylic acids is 1. The molecule has 102 valence electrons. The highest BCUT2D eigenvalue weighted by Crippen LogP contribution is 2.16. The standard InChI is InChI=1S/C14H24N2OS/c1-11(2)16(10-13-5-4-8-18-13)14(17)7-6-12(3)9-15/h4-5,8,11-12H,6-7,9-10,15H2,1-3H3. The summed E-state index contributed by atoms with van der Waals surface area (Å²) < 4.78 is 0. The van der Waals surface area contributed by atoms with E-state index in [9.17, 15) is 4.79 Å². The Morgan fingerprint density at radius 1 is 1.44 bits per heavy atom. The predicted molar refractivity (Wildman–Crippen MR) is 77.5 cm³/mol. The van der Waals surface area contributed by atoms with Crippen molar-refractivity contribution in [2.45, 2.75) is 46.2 Å². The van der Waals surface area contributed by atoms with Gasteiger partial charge in [-0.25, -0.2) is 0 Å². The zero-order valence-electron chi connectivity index (χ0n) is 11.6. The fourth-order valence-corrected chi connectivity index (χ4v) is 2.46. The minimum absolute atomic E-state index is 0.235. The van der Waals surface area contributed by atoms with E-state index in [-0.39, 0.29) is 11.9 Å². The summed E-state index contributed by atoms with van der Waals surface area (Å²) in [7, 11) is 0. The van der Waals surface area contributed by atoms with E-state index < -0.39 is 0 Å². The molecule has 2 N–H and O–H groups in total. The first kappa shape index (κ1) is 15.2. The zero-order chi connectivity index (χ0) is 13.5. The first-order valence-electron chi connectivity index (χ1n) is 6.56. The molecular formula is C14H24N2OS. The normalized spacial score (nSPS) is 12.7. The lowest BCUT2D eigenvalue weighted by atomic mass is 10.1. The van der Waals surface area contributed by atoms with Gasteiger partial charge in [0.2, 0.25) is 5.91 Å². The molecule has 1 rings (SSSR count). The summed E-state index contributed by atoms with van der Waals surface area (Å²) in [6.07, 6.45) is 1.48. The molecule has 0 aromatic carbocycles. The van der Waals surface area contributed by atoms with Gasteiger partial charge in [-0.1, -0.05) is 13.0 Å². The molecule has 0 bridgehead atoms. The van der Waals surface area contributed by atoms with Crippen molar-refractivity contribution in [1.29, 1.82) is 0 Å². The van der Waals surface area contributed by atoms with Crippen molar-refractivity contribution in [2.75, 3.05) is 6.54 Å². The van der Waals surface area contributed by atoms with Gasteiger partial charge in [-0.15, -0.1) is 11.3 Å². The third-order valence-electron chi connectivity index (χ3n) is 3.10. The Kier molecular flexibility index (Phi) is 6.36. The lowest BCUT2D eigenvalue weighted by Gasteiger charge is -2.26. The Morgan fingerprint density at radius 2 is 2.17 bits per heavy atom. The molecule has 0 saturated carbocycles. The van der Waals surface area contributed by atoms with Gasteiger partial charge in [-0.3, -0.25) is 4.79 Å². The Balaban J connectivity index is 2.53. The van der Waals surface area contributed by atoms with E-state index in [0.717, 1.165) is 13.0 Å². The molecule has 0 saturated heterocycles. The molecule has 1 aromatic heterocycles. The van der Waals surface area contributed by atoms with E-state index in [1.165, 1.54) is 4.88 Å². The lowest BCUT2D eigenvalue weighted by molar-refractivity contribution is -0.133. The van der Waals surface area contributed by atoms with Crippen LogP contribution in [0.1, 0.15) is 38.5 Å². The molecular weight excluding hydrogens is 244 g/mol. The van der Waals surface area contributed by atoms with Crippen LogP contribution in [0.4, 0.5) is 0 Å². The van der Waals surface area contributed by atoms with Crippen molar-refractivity contribution in [2.24, 2.45) is 11.7 Å². The summed E-state index contributed by atoms with van der Waals surface area (Å²) in [5.41, 5.74) is 5.58. The second-order valence-electron chi connectivity index (χ2n) is 5.07. The average Bonchev–Trinajstić information content (AvgIpc) is 2.85. The van der Waals surface area contributed by atoms with Gasteiger partial charge >= 0.3 is 0 Å². The molecule has 1 unspecified atom stereocenters. The summed E-state index contributed by atoms with van der Waals surface area (Å²) in [5, 5.41) is 2.05. The maximum atomic E-state index is 12.2. The number of hydrogen-bond acceptors (Lipinski definition) is 3. The number of hydrogen-bond donors (Lipinski definition) is 1. The molecule has 0 aliphatic rings. The van der Waals surface area contributed by atoms with Crippen molar-refractivity contribution in [3.8, 4) is 0 Å². The predicted octanol–water partition coefficient (Wildman–Crippen LogP) is 2.86. The molecule has 0 fully saturated rings.